The van der Waals surface area contributed by atoms with Gasteiger partial charge in [0.2, 0.25) is 11.6 Å². The monoisotopic (exact) mass is 226 g/mol. The van der Waals surface area contributed by atoms with Crippen LogP contribution in [0.25, 0.3) is 0 Å². The number of hydrogen-bond acceptors (Lipinski definition) is 7. The third-order valence-electron chi connectivity index (χ3n) is 1.88. The second kappa shape index (κ2) is 5.21. The van der Waals surface area contributed by atoms with Gasteiger partial charge in [0.1, 0.15) is 6.33 Å². The van der Waals surface area contributed by atoms with Crippen LogP contribution >= 0.6 is 0 Å². The summed E-state index contributed by atoms with van der Waals surface area (Å²) in [5, 5.41) is 13.6. The van der Waals surface area contributed by atoms with Crippen LogP contribution < -0.4 is 11.1 Å². The van der Waals surface area contributed by atoms with Crippen molar-refractivity contribution in [1.29, 1.82) is 0 Å². The van der Waals surface area contributed by atoms with Crippen LogP contribution in [-0.4, -0.2) is 47.0 Å². The number of nitro groups is 1. The molecule has 0 fully saturated rings. The average Bonchev–Trinajstić information content (AvgIpc) is 2.16. The third kappa shape index (κ3) is 3.02. The van der Waals surface area contributed by atoms with Crippen LogP contribution in [-0.2, 0) is 0 Å². The van der Waals surface area contributed by atoms with E-state index in [1.165, 1.54) is 6.33 Å². The minimum Gasteiger partial charge on any atom is -0.378 e. The first-order valence-electron chi connectivity index (χ1n) is 4.66. The maximum atomic E-state index is 10.7. The summed E-state index contributed by atoms with van der Waals surface area (Å²) in [5.74, 6) is 0.0201. The van der Waals surface area contributed by atoms with E-state index in [9.17, 15) is 10.1 Å². The van der Waals surface area contributed by atoms with E-state index in [4.69, 9.17) is 5.73 Å². The predicted octanol–water partition coefficient (Wildman–Crippen LogP) is -0.0595. The topological polar surface area (TPSA) is 110 Å². The van der Waals surface area contributed by atoms with Crippen molar-refractivity contribution in [1.82, 2.24) is 14.9 Å². The Morgan fingerprint density at radius 1 is 1.56 bits per heavy atom. The van der Waals surface area contributed by atoms with Crippen molar-refractivity contribution in [2.45, 2.75) is 0 Å². The van der Waals surface area contributed by atoms with Crippen molar-refractivity contribution in [2.75, 3.05) is 38.2 Å². The zero-order valence-electron chi connectivity index (χ0n) is 9.17. The molecule has 0 aromatic carbocycles. The summed E-state index contributed by atoms with van der Waals surface area (Å²) >= 11 is 0. The molecule has 1 aromatic heterocycles. The summed E-state index contributed by atoms with van der Waals surface area (Å²) in [6, 6.07) is 0. The number of nitrogens with two attached hydrogens (primary N) is 1. The summed E-state index contributed by atoms with van der Waals surface area (Å²) in [4.78, 5) is 19.5. The second-order valence-electron chi connectivity index (χ2n) is 3.44. The highest BCUT2D eigenvalue weighted by molar-refractivity contribution is 5.67. The van der Waals surface area contributed by atoms with E-state index in [0.717, 1.165) is 6.54 Å². The molecule has 16 heavy (non-hydrogen) atoms. The van der Waals surface area contributed by atoms with Crippen molar-refractivity contribution in [3.05, 3.63) is 16.4 Å². The normalized spacial score (nSPS) is 10.4. The molecule has 3 N–H and O–H groups in total. The number of hydrogen-bond donors (Lipinski definition) is 2. The lowest BCUT2D eigenvalue weighted by molar-refractivity contribution is -0.383. The number of nitrogens with zero attached hydrogens (tertiary/aromatic N) is 4. The zero-order chi connectivity index (χ0) is 12.1. The Morgan fingerprint density at radius 3 is 2.81 bits per heavy atom. The van der Waals surface area contributed by atoms with Gasteiger partial charge >= 0.3 is 5.69 Å². The molecule has 8 nitrogen and oxygen atoms in total. The van der Waals surface area contributed by atoms with Gasteiger partial charge in [-0.15, -0.1) is 0 Å². The maximum absolute atomic E-state index is 10.7. The number of likely N-dealkylation sites (N-methyl/N-ethyl adjacent to an activating group) is 1. The first-order chi connectivity index (χ1) is 7.52. The van der Waals surface area contributed by atoms with Gasteiger partial charge in [0.05, 0.1) is 4.92 Å². The van der Waals surface area contributed by atoms with Crippen molar-refractivity contribution < 1.29 is 4.92 Å². The van der Waals surface area contributed by atoms with Crippen LogP contribution in [0.15, 0.2) is 6.33 Å². The van der Waals surface area contributed by atoms with Crippen LogP contribution in [0.3, 0.4) is 0 Å². The highest BCUT2D eigenvalue weighted by atomic mass is 16.6. The minimum atomic E-state index is -0.590. The van der Waals surface area contributed by atoms with Gasteiger partial charge in [0, 0.05) is 13.1 Å². The quantitative estimate of drug-likeness (QED) is 0.534. The van der Waals surface area contributed by atoms with E-state index in [1.807, 2.05) is 19.0 Å². The van der Waals surface area contributed by atoms with Gasteiger partial charge in [0.15, 0.2) is 0 Å². The van der Waals surface area contributed by atoms with Crippen LogP contribution in [0.2, 0.25) is 0 Å². The number of aromatic nitrogens is 2. The number of rotatable bonds is 5. The molecule has 0 aliphatic carbocycles. The number of anilines is 2. The second-order valence-corrected chi connectivity index (χ2v) is 3.44. The molecule has 1 heterocycles. The molecular formula is C8H14N6O2. The highest BCUT2D eigenvalue weighted by Crippen LogP contribution is 2.25. The van der Waals surface area contributed by atoms with Crippen LogP contribution in [0.4, 0.5) is 17.3 Å². The van der Waals surface area contributed by atoms with E-state index in [0.29, 0.717) is 6.54 Å². The molecule has 0 spiro atoms. The Labute approximate surface area is 92.6 Å². The van der Waals surface area contributed by atoms with Crippen molar-refractivity contribution in [3.63, 3.8) is 0 Å². The molecule has 1 aromatic rings. The Morgan fingerprint density at radius 2 is 2.25 bits per heavy atom. The summed E-state index contributed by atoms with van der Waals surface area (Å²) < 4.78 is 0. The Balaban J connectivity index is 2.79. The first kappa shape index (κ1) is 12.1. The molecule has 0 amide bonds. The molecule has 0 atom stereocenters. The van der Waals surface area contributed by atoms with Gasteiger partial charge in [-0.25, -0.2) is 9.97 Å². The number of nitrogens with one attached hydrogen (secondary N) is 1. The molecule has 0 radical (unpaired) electrons. The van der Waals surface area contributed by atoms with E-state index < -0.39 is 4.92 Å². The molecule has 0 unspecified atom stereocenters. The third-order valence-corrected chi connectivity index (χ3v) is 1.88. The van der Waals surface area contributed by atoms with Gasteiger partial charge < -0.3 is 16.0 Å². The fourth-order valence-electron chi connectivity index (χ4n) is 1.10. The largest absolute Gasteiger partial charge is 0.378 e. The summed E-state index contributed by atoms with van der Waals surface area (Å²) in [6.07, 6.45) is 1.19. The van der Waals surface area contributed by atoms with E-state index >= 15 is 0 Å². The van der Waals surface area contributed by atoms with E-state index in [-0.39, 0.29) is 17.3 Å². The molecule has 0 aliphatic rings. The van der Waals surface area contributed by atoms with Gasteiger partial charge in [0.25, 0.3) is 0 Å². The SMILES string of the molecule is CN(C)CCNc1ncnc(N)c1[N+](=O)[O-]. The van der Waals surface area contributed by atoms with Crippen LogP contribution in [0.1, 0.15) is 0 Å². The van der Waals surface area contributed by atoms with Crippen molar-refractivity contribution in [2.24, 2.45) is 0 Å². The molecule has 0 saturated heterocycles. The van der Waals surface area contributed by atoms with Gasteiger partial charge in [-0.2, -0.15) is 0 Å². The van der Waals surface area contributed by atoms with Crippen LogP contribution in [0, 0.1) is 10.1 Å². The minimum absolute atomic E-state index is 0.132. The van der Waals surface area contributed by atoms with Gasteiger partial charge in [-0.1, -0.05) is 0 Å². The highest BCUT2D eigenvalue weighted by Gasteiger charge is 2.20. The molecule has 1 rings (SSSR count). The molecule has 88 valence electrons. The van der Waals surface area contributed by atoms with Crippen molar-refractivity contribution in [3.8, 4) is 0 Å². The van der Waals surface area contributed by atoms with Gasteiger partial charge in [-0.3, -0.25) is 10.1 Å². The lowest BCUT2D eigenvalue weighted by atomic mass is 10.4. The summed E-state index contributed by atoms with van der Waals surface area (Å²) in [7, 11) is 3.81. The molecule has 0 saturated carbocycles. The number of nitrogen functional groups attached to an aromatic ring is 1. The average molecular weight is 226 g/mol. The molecule has 0 bridgehead atoms. The lowest BCUT2D eigenvalue weighted by Gasteiger charge is -2.10. The molecule has 0 aliphatic heterocycles. The molecule has 8 heteroatoms. The Hall–Kier alpha value is -1.96. The first-order valence-corrected chi connectivity index (χ1v) is 4.66. The Bertz CT molecular complexity index is 381. The fourth-order valence-corrected chi connectivity index (χ4v) is 1.10. The van der Waals surface area contributed by atoms with Gasteiger partial charge in [-0.05, 0) is 14.1 Å². The smallest absolute Gasteiger partial charge is 0.352 e. The summed E-state index contributed by atoms with van der Waals surface area (Å²) in [6.45, 7) is 1.28. The van der Waals surface area contributed by atoms with E-state index in [1.54, 1.807) is 0 Å². The fraction of sp³-hybridized carbons (Fsp3) is 0.500. The summed E-state index contributed by atoms with van der Waals surface area (Å²) in [5.41, 5.74) is 5.13. The Kier molecular flexibility index (Phi) is 3.95. The van der Waals surface area contributed by atoms with E-state index in [2.05, 4.69) is 15.3 Å². The van der Waals surface area contributed by atoms with Crippen LogP contribution in [0.5, 0.6) is 0 Å². The zero-order valence-corrected chi connectivity index (χ0v) is 9.17. The van der Waals surface area contributed by atoms with Crippen molar-refractivity contribution >= 4 is 17.3 Å². The lowest BCUT2D eigenvalue weighted by Crippen LogP contribution is -2.21. The predicted molar refractivity (Wildman–Crippen MR) is 60.1 cm³/mol. The maximum Gasteiger partial charge on any atom is 0.352 e. The standard InChI is InChI=1S/C8H14N6O2/c1-13(2)4-3-10-8-6(14(15)16)7(9)11-5-12-8/h5H,3-4H2,1-2H3,(H3,9,10,11,12). The molecular weight excluding hydrogens is 212 g/mol.